The molecule has 11 rings (SSSR count). The molecule has 2 heteroatoms. The van der Waals surface area contributed by atoms with E-state index in [1.807, 2.05) is 12.1 Å². The summed E-state index contributed by atoms with van der Waals surface area (Å²) in [7, 11) is 0. The molecule has 0 radical (unpaired) electrons. The molecule has 2 aromatic heterocycles. The standard InChI is InChI=1S/C48H28O2/c1-2-14-29(15-3-1)43-39-26-27-42-46(38-24-12-13-25-41(38)49-42)47(39)50-48(43)45-36-22-10-8-20-34(36)44(35-21-9-11-23-37(35)45)40-28-30-16-4-5-17-31(30)32-18-6-7-19-33(32)40/h1-28H. The maximum atomic E-state index is 7.25. The second-order valence-electron chi connectivity index (χ2n) is 13.1. The summed E-state index contributed by atoms with van der Waals surface area (Å²) in [5.74, 6) is 0.867. The van der Waals surface area contributed by atoms with E-state index in [9.17, 15) is 0 Å². The zero-order valence-electron chi connectivity index (χ0n) is 27.0. The molecule has 2 nitrogen and oxygen atoms in total. The molecule has 9 aromatic carbocycles. The molecule has 2 heterocycles. The van der Waals surface area contributed by atoms with Crippen molar-refractivity contribution < 1.29 is 8.83 Å². The Hall–Kier alpha value is -6.64. The van der Waals surface area contributed by atoms with Crippen molar-refractivity contribution in [3.63, 3.8) is 0 Å². The van der Waals surface area contributed by atoms with Crippen LogP contribution in [-0.4, -0.2) is 0 Å². The van der Waals surface area contributed by atoms with Gasteiger partial charge in [0, 0.05) is 21.9 Å². The Morgan fingerprint density at radius 1 is 0.320 bits per heavy atom. The summed E-state index contributed by atoms with van der Waals surface area (Å²) in [5, 5.41) is 12.9. The number of hydrogen-bond acceptors (Lipinski definition) is 2. The zero-order chi connectivity index (χ0) is 32.8. The van der Waals surface area contributed by atoms with E-state index in [0.717, 1.165) is 66.1 Å². The third-order valence-corrected chi connectivity index (χ3v) is 10.5. The van der Waals surface area contributed by atoms with Crippen LogP contribution >= 0.6 is 0 Å². The van der Waals surface area contributed by atoms with Gasteiger partial charge in [0.2, 0.25) is 0 Å². The van der Waals surface area contributed by atoms with Gasteiger partial charge in [0.1, 0.15) is 22.5 Å². The van der Waals surface area contributed by atoms with E-state index in [-0.39, 0.29) is 0 Å². The lowest BCUT2D eigenvalue weighted by Gasteiger charge is -2.19. The molecule has 0 aliphatic carbocycles. The van der Waals surface area contributed by atoms with E-state index in [2.05, 4.69) is 158 Å². The van der Waals surface area contributed by atoms with Crippen molar-refractivity contribution in [2.75, 3.05) is 0 Å². The summed E-state index contributed by atoms with van der Waals surface area (Å²) in [5.41, 5.74) is 8.31. The summed E-state index contributed by atoms with van der Waals surface area (Å²) in [4.78, 5) is 0. The number of rotatable bonds is 3. The highest BCUT2D eigenvalue weighted by atomic mass is 16.3. The quantitative estimate of drug-likeness (QED) is 0.142. The lowest BCUT2D eigenvalue weighted by atomic mass is 9.84. The van der Waals surface area contributed by atoms with Gasteiger partial charge in [-0.2, -0.15) is 0 Å². The van der Waals surface area contributed by atoms with Gasteiger partial charge in [-0.3, -0.25) is 0 Å². The van der Waals surface area contributed by atoms with Gasteiger partial charge in [0.05, 0.1) is 5.39 Å². The van der Waals surface area contributed by atoms with Crippen LogP contribution in [0.2, 0.25) is 0 Å². The second kappa shape index (κ2) is 10.4. The largest absolute Gasteiger partial charge is 0.456 e. The van der Waals surface area contributed by atoms with Gasteiger partial charge >= 0.3 is 0 Å². The highest BCUT2D eigenvalue weighted by molar-refractivity contribution is 6.28. The Bertz CT molecular complexity index is 3080. The monoisotopic (exact) mass is 636 g/mol. The molecule has 232 valence electrons. The first-order valence-corrected chi connectivity index (χ1v) is 17.1. The summed E-state index contributed by atoms with van der Waals surface area (Å²) >= 11 is 0. The second-order valence-corrected chi connectivity index (χ2v) is 13.1. The van der Waals surface area contributed by atoms with Crippen LogP contribution in [0.3, 0.4) is 0 Å². The zero-order valence-corrected chi connectivity index (χ0v) is 27.0. The highest BCUT2D eigenvalue weighted by Crippen LogP contribution is 2.51. The maximum absolute atomic E-state index is 7.25. The molecule has 0 spiro atoms. The molecule has 0 N–H and O–H groups in total. The Morgan fingerprint density at radius 3 is 1.60 bits per heavy atom. The molecular weight excluding hydrogens is 609 g/mol. The summed E-state index contributed by atoms with van der Waals surface area (Å²) in [6, 6.07) is 60.7. The van der Waals surface area contributed by atoms with Crippen LogP contribution in [0, 0.1) is 0 Å². The van der Waals surface area contributed by atoms with Gasteiger partial charge in [-0.15, -0.1) is 0 Å². The van der Waals surface area contributed by atoms with Gasteiger partial charge < -0.3 is 8.83 Å². The van der Waals surface area contributed by atoms with Crippen molar-refractivity contribution in [3.8, 4) is 33.6 Å². The van der Waals surface area contributed by atoms with Crippen molar-refractivity contribution in [1.82, 2.24) is 0 Å². The first-order chi connectivity index (χ1) is 24.8. The Kier molecular flexibility index (Phi) is 5.70. The molecule has 0 bridgehead atoms. The molecule has 0 unspecified atom stereocenters. The molecule has 0 aliphatic rings. The van der Waals surface area contributed by atoms with E-state index in [4.69, 9.17) is 8.83 Å². The molecule has 0 saturated carbocycles. The molecule has 0 aliphatic heterocycles. The van der Waals surface area contributed by atoms with Gasteiger partial charge in [-0.05, 0) is 84.0 Å². The van der Waals surface area contributed by atoms with Gasteiger partial charge in [-0.25, -0.2) is 0 Å². The van der Waals surface area contributed by atoms with Crippen molar-refractivity contribution in [3.05, 3.63) is 170 Å². The predicted molar refractivity (Wildman–Crippen MR) is 210 cm³/mol. The Morgan fingerprint density at radius 2 is 0.880 bits per heavy atom. The summed E-state index contributed by atoms with van der Waals surface area (Å²) in [6.07, 6.45) is 0. The molecule has 0 saturated heterocycles. The van der Waals surface area contributed by atoms with E-state index >= 15 is 0 Å². The van der Waals surface area contributed by atoms with E-state index < -0.39 is 0 Å². The normalized spacial score (nSPS) is 12.0. The molecule has 11 aromatic rings. The molecular formula is C48H28O2. The highest BCUT2D eigenvalue weighted by Gasteiger charge is 2.26. The van der Waals surface area contributed by atoms with Crippen LogP contribution in [0.15, 0.2) is 179 Å². The molecule has 50 heavy (non-hydrogen) atoms. The molecule has 0 fully saturated rings. The Balaban J connectivity index is 1.32. The maximum Gasteiger partial charge on any atom is 0.147 e. The minimum Gasteiger partial charge on any atom is -0.456 e. The van der Waals surface area contributed by atoms with Crippen LogP contribution in [0.4, 0.5) is 0 Å². The summed E-state index contributed by atoms with van der Waals surface area (Å²) in [6.45, 7) is 0. The van der Waals surface area contributed by atoms with Crippen LogP contribution in [0.1, 0.15) is 0 Å². The van der Waals surface area contributed by atoms with Crippen molar-refractivity contribution in [2.45, 2.75) is 0 Å². The van der Waals surface area contributed by atoms with Crippen LogP contribution in [0.5, 0.6) is 0 Å². The third kappa shape index (κ3) is 3.79. The minimum absolute atomic E-state index is 0.826. The van der Waals surface area contributed by atoms with Gasteiger partial charge in [-0.1, -0.05) is 146 Å². The SMILES string of the molecule is c1ccc(-c2c(-c3c4ccccc4c(-c4cc5ccccc5c5ccccc45)c4ccccc34)oc3c2ccc2oc4ccccc4c23)cc1. The fraction of sp³-hybridized carbons (Fsp3) is 0. The fourth-order valence-corrected chi connectivity index (χ4v) is 8.36. The van der Waals surface area contributed by atoms with Crippen molar-refractivity contribution >= 4 is 76.0 Å². The number of benzene rings is 9. The minimum atomic E-state index is 0.826. The number of furan rings is 2. The van der Waals surface area contributed by atoms with E-state index in [0.29, 0.717) is 0 Å². The average molecular weight is 637 g/mol. The lowest BCUT2D eigenvalue weighted by molar-refractivity contribution is 0.636. The molecule has 0 amide bonds. The van der Waals surface area contributed by atoms with Gasteiger partial charge in [0.25, 0.3) is 0 Å². The summed E-state index contributed by atoms with van der Waals surface area (Å²) < 4.78 is 13.6. The smallest absolute Gasteiger partial charge is 0.147 e. The number of hydrogen-bond donors (Lipinski definition) is 0. The number of para-hydroxylation sites is 1. The van der Waals surface area contributed by atoms with Crippen LogP contribution < -0.4 is 0 Å². The van der Waals surface area contributed by atoms with E-state index in [1.165, 1.54) is 43.4 Å². The predicted octanol–water partition coefficient (Wildman–Crippen LogP) is 13.9. The van der Waals surface area contributed by atoms with Crippen molar-refractivity contribution in [2.24, 2.45) is 0 Å². The first kappa shape index (κ1) is 27.3. The lowest BCUT2D eigenvalue weighted by Crippen LogP contribution is -1.92. The topological polar surface area (TPSA) is 26.3 Å². The third-order valence-electron chi connectivity index (χ3n) is 10.5. The van der Waals surface area contributed by atoms with Crippen molar-refractivity contribution in [1.29, 1.82) is 0 Å². The fourth-order valence-electron chi connectivity index (χ4n) is 8.36. The number of fused-ring (bicyclic) bond motifs is 10. The van der Waals surface area contributed by atoms with Crippen LogP contribution in [-0.2, 0) is 0 Å². The Labute approximate surface area is 287 Å². The van der Waals surface area contributed by atoms with E-state index in [1.54, 1.807) is 0 Å². The molecule has 0 atom stereocenters. The van der Waals surface area contributed by atoms with Gasteiger partial charge in [0.15, 0.2) is 0 Å². The first-order valence-electron chi connectivity index (χ1n) is 17.1. The van der Waals surface area contributed by atoms with Crippen LogP contribution in [0.25, 0.3) is 110 Å². The average Bonchev–Trinajstić information content (AvgIpc) is 3.75.